The number of hydrogen-bond acceptors (Lipinski definition) is 8. The van der Waals surface area contributed by atoms with Gasteiger partial charge in [-0.25, -0.2) is 9.78 Å². The quantitative estimate of drug-likeness (QED) is 0.114. The lowest BCUT2D eigenvalue weighted by molar-refractivity contribution is -0.142. The van der Waals surface area contributed by atoms with E-state index in [2.05, 4.69) is 25.9 Å². The molecule has 0 aliphatic carbocycles. The van der Waals surface area contributed by atoms with Crippen LogP contribution in [0.4, 0.5) is 0 Å². The van der Waals surface area contributed by atoms with Crippen LogP contribution in [0.5, 0.6) is 0 Å². The van der Waals surface area contributed by atoms with E-state index in [1.807, 2.05) is 0 Å². The Morgan fingerprint density at radius 2 is 1.64 bits per heavy atom. The molecule has 0 radical (unpaired) electrons. The highest BCUT2D eigenvalue weighted by atomic mass is 16.4. The number of carbonyl (C=O) groups is 5. The molecule has 3 atom stereocenters. The molecule has 0 saturated heterocycles. The number of aromatic nitrogens is 2. The van der Waals surface area contributed by atoms with E-state index >= 15 is 0 Å². The number of rotatable bonds is 16. The number of amides is 4. The summed E-state index contributed by atoms with van der Waals surface area (Å²) in [4.78, 5) is 66.6. The van der Waals surface area contributed by atoms with E-state index in [4.69, 9.17) is 17.2 Å². The average Bonchev–Trinajstić information content (AvgIpc) is 3.27. The number of primary amides is 1. The summed E-state index contributed by atoms with van der Waals surface area (Å²) in [6, 6.07) is -3.54. The van der Waals surface area contributed by atoms with E-state index in [1.54, 1.807) is 0 Å². The maximum atomic E-state index is 12.9. The van der Waals surface area contributed by atoms with Crippen molar-refractivity contribution in [2.24, 2.45) is 17.2 Å². The third kappa shape index (κ3) is 10.6. The number of hydrogen-bond donors (Lipinski definition) is 8. The fourth-order valence-corrected chi connectivity index (χ4v) is 2.93. The number of nitrogens with zero attached hydrogens (tertiary/aromatic N) is 1. The third-order valence-corrected chi connectivity index (χ3v) is 4.69. The first-order chi connectivity index (χ1) is 15.7. The van der Waals surface area contributed by atoms with Crippen LogP contribution in [0.3, 0.4) is 0 Å². The molecule has 14 nitrogen and oxygen atoms in total. The summed E-state index contributed by atoms with van der Waals surface area (Å²) in [6.45, 7) is 0.0881. The van der Waals surface area contributed by atoms with Gasteiger partial charge in [-0.15, -0.1) is 0 Å². The molecule has 0 fully saturated rings. The number of carboxylic acid groups (broad SMARTS) is 1. The Bertz CT molecular complexity index is 800. The van der Waals surface area contributed by atoms with Gasteiger partial charge in [-0.3, -0.25) is 19.2 Å². The highest BCUT2D eigenvalue weighted by Crippen LogP contribution is 2.06. The van der Waals surface area contributed by atoms with Gasteiger partial charge < -0.3 is 43.2 Å². The monoisotopic (exact) mass is 468 g/mol. The molecule has 0 aliphatic rings. The zero-order valence-electron chi connectivity index (χ0n) is 18.2. The first-order valence-electron chi connectivity index (χ1n) is 10.5. The fourth-order valence-electron chi connectivity index (χ4n) is 2.93. The summed E-state index contributed by atoms with van der Waals surface area (Å²) in [6.07, 6.45) is 3.78. The van der Waals surface area contributed by atoms with Crippen molar-refractivity contribution in [3.8, 4) is 0 Å². The van der Waals surface area contributed by atoms with Crippen molar-refractivity contribution < 1.29 is 29.1 Å². The Hall–Kier alpha value is -3.52. The molecule has 1 rings (SSSR count). The highest BCUT2D eigenvalue weighted by molar-refractivity contribution is 5.93. The van der Waals surface area contributed by atoms with Crippen molar-refractivity contribution in [2.45, 2.75) is 56.7 Å². The number of nitrogens with two attached hydrogens (primary N) is 3. The van der Waals surface area contributed by atoms with Crippen LogP contribution in [0.1, 0.15) is 37.8 Å². The number of unbranched alkanes of at least 4 members (excludes halogenated alkanes) is 1. The topological polar surface area (TPSA) is 248 Å². The molecule has 0 bridgehead atoms. The summed E-state index contributed by atoms with van der Waals surface area (Å²) in [7, 11) is 0. The SMILES string of the molecule is NCCCCC(NC(=O)CN)C(=O)NC(Cc1cnc[nH]1)C(=O)NC(CCC(N)=O)C(=O)O. The molecule has 1 heterocycles. The summed E-state index contributed by atoms with van der Waals surface area (Å²) in [5.74, 6) is -4.05. The Labute approximate surface area is 190 Å². The third-order valence-electron chi connectivity index (χ3n) is 4.69. The van der Waals surface area contributed by atoms with Crippen LogP contribution < -0.4 is 33.2 Å². The van der Waals surface area contributed by atoms with Crippen LogP contribution in [0, 0.1) is 0 Å². The van der Waals surface area contributed by atoms with Crippen molar-refractivity contribution in [3.63, 3.8) is 0 Å². The smallest absolute Gasteiger partial charge is 0.326 e. The van der Waals surface area contributed by atoms with E-state index in [1.165, 1.54) is 12.5 Å². The van der Waals surface area contributed by atoms with E-state index in [9.17, 15) is 29.1 Å². The second-order valence-corrected chi connectivity index (χ2v) is 7.36. The molecular formula is C19H32N8O6. The molecule has 11 N–H and O–H groups in total. The molecule has 0 spiro atoms. The van der Waals surface area contributed by atoms with Gasteiger partial charge in [0.1, 0.15) is 18.1 Å². The number of imidazole rings is 1. The Morgan fingerprint density at radius 3 is 2.18 bits per heavy atom. The van der Waals surface area contributed by atoms with Gasteiger partial charge in [-0.1, -0.05) is 0 Å². The normalized spacial score (nSPS) is 13.4. The van der Waals surface area contributed by atoms with Gasteiger partial charge in [0.25, 0.3) is 0 Å². The summed E-state index contributed by atoms with van der Waals surface area (Å²) in [5.41, 5.74) is 16.4. The molecule has 0 saturated carbocycles. The predicted octanol–water partition coefficient (Wildman–Crippen LogP) is -3.16. The minimum atomic E-state index is -1.39. The maximum Gasteiger partial charge on any atom is 0.326 e. The van der Waals surface area contributed by atoms with Crippen LogP contribution in [-0.2, 0) is 30.4 Å². The molecule has 1 aromatic heterocycles. The van der Waals surface area contributed by atoms with Gasteiger partial charge in [-0.2, -0.15) is 0 Å². The largest absolute Gasteiger partial charge is 0.480 e. The molecule has 3 unspecified atom stereocenters. The molecule has 0 aliphatic heterocycles. The Kier molecular flexibility index (Phi) is 12.1. The van der Waals surface area contributed by atoms with Crippen LogP contribution in [-0.4, -0.2) is 75.9 Å². The van der Waals surface area contributed by atoms with E-state index < -0.39 is 47.7 Å². The molecule has 0 aromatic carbocycles. The van der Waals surface area contributed by atoms with Gasteiger partial charge in [0.15, 0.2) is 0 Å². The van der Waals surface area contributed by atoms with Crippen molar-refractivity contribution in [1.29, 1.82) is 0 Å². The standard InChI is InChI=1S/C19H32N8O6/c20-6-2-1-3-12(25-16(29)8-21)17(30)27-14(7-11-9-23-10-24-11)18(31)26-13(19(32)33)4-5-15(22)28/h9-10,12-14H,1-8,20-21H2,(H2,22,28)(H,23,24)(H,25,29)(H,26,31)(H,27,30)(H,32,33). The van der Waals surface area contributed by atoms with Crippen molar-refractivity contribution in [2.75, 3.05) is 13.1 Å². The zero-order chi connectivity index (χ0) is 24.8. The van der Waals surface area contributed by atoms with E-state index in [0.29, 0.717) is 25.1 Å². The number of carbonyl (C=O) groups excluding carboxylic acids is 4. The fraction of sp³-hybridized carbons (Fsp3) is 0.579. The summed E-state index contributed by atoms with van der Waals surface area (Å²) < 4.78 is 0. The van der Waals surface area contributed by atoms with Gasteiger partial charge in [0.2, 0.25) is 23.6 Å². The Morgan fingerprint density at radius 1 is 0.970 bits per heavy atom. The molecule has 33 heavy (non-hydrogen) atoms. The van der Waals surface area contributed by atoms with Crippen molar-refractivity contribution >= 4 is 29.6 Å². The second-order valence-electron chi connectivity index (χ2n) is 7.36. The Balaban J connectivity index is 2.99. The number of H-pyrrole nitrogens is 1. The van der Waals surface area contributed by atoms with Gasteiger partial charge >= 0.3 is 5.97 Å². The molecule has 4 amide bonds. The molecule has 1 aromatic rings. The first kappa shape index (κ1) is 27.5. The first-order valence-corrected chi connectivity index (χ1v) is 10.5. The highest BCUT2D eigenvalue weighted by Gasteiger charge is 2.30. The summed E-state index contributed by atoms with van der Waals surface area (Å²) >= 11 is 0. The lowest BCUT2D eigenvalue weighted by Crippen LogP contribution is -2.57. The van der Waals surface area contributed by atoms with Gasteiger partial charge in [0, 0.05) is 24.7 Å². The summed E-state index contributed by atoms with van der Waals surface area (Å²) in [5, 5.41) is 16.7. The number of aromatic amines is 1. The average molecular weight is 469 g/mol. The number of carboxylic acids is 1. The van der Waals surface area contributed by atoms with Crippen molar-refractivity contribution in [1.82, 2.24) is 25.9 Å². The lowest BCUT2D eigenvalue weighted by Gasteiger charge is -2.24. The minimum absolute atomic E-state index is 0.0277. The van der Waals surface area contributed by atoms with Gasteiger partial charge in [-0.05, 0) is 32.2 Å². The number of nitrogens with one attached hydrogen (secondary N) is 4. The van der Waals surface area contributed by atoms with Crippen LogP contribution in [0.15, 0.2) is 12.5 Å². The van der Waals surface area contributed by atoms with Crippen LogP contribution >= 0.6 is 0 Å². The second kappa shape index (κ2) is 14.5. The zero-order valence-corrected chi connectivity index (χ0v) is 18.2. The molecule has 14 heteroatoms. The van der Waals surface area contributed by atoms with Crippen molar-refractivity contribution in [3.05, 3.63) is 18.2 Å². The van der Waals surface area contributed by atoms with Crippen LogP contribution in [0.2, 0.25) is 0 Å². The number of aliphatic carboxylic acids is 1. The lowest BCUT2D eigenvalue weighted by atomic mass is 10.1. The van der Waals surface area contributed by atoms with E-state index in [-0.39, 0.29) is 32.2 Å². The molecular weight excluding hydrogens is 436 g/mol. The molecule has 184 valence electrons. The van der Waals surface area contributed by atoms with E-state index in [0.717, 1.165) is 0 Å². The van der Waals surface area contributed by atoms with Crippen LogP contribution in [0.25, 0.3) is 0 Å². The maximum absolute atomic E-state index is 12.9. The predicted molar refractivity (Wildman–Crippen MR) is 116 cm³/mol. The van der Waals surface area contributed by atoms with Gasteiger partial charge in [0.05, 0.1) is 12.9 Å². The minimum Gasteiger partial charge on any atom is -0.480 e.